The van der Waals surface area contributed by atoms with Crippen LogP contribution in [0.2, 0.25) is 10.0 Å². The van der Waals surface area contributed by atoms with Gasteiger partial charge in [0.1, 0.15) is 17.3 Å². The van der Waals surface area contributed by atoms with Gasteiger partial charge >= 0.3 is 0 Å². The van der Waals surface area contributed by atoms with Crippen LogP contribution in [0.25, 0.3) is 11.3 Å². The number of amides is 1. The van der Waals surface area contributed by atoms with Crippen LogP contribution < -0.4 is 5.32 Å². The molecule has 1 aromatic heterocycles. The zero-order valence-corrected chi connectivity index (χ0v) is 19.5. The molecule has 10 heteroatoms. The minimum atomic E-state index is -0.676. The minimum Gasteiger partial charge on any atom is -0.507 e. The molecule has 0 saturated heterocycles. The Bertz CT molecular complexity index is 1130. The lowest BCUT2D eigenvalue weighted by Crippen LogP contribution is -2.12. The standard InChI is InChI=1S/C20H17Cl2N3O5.C2H6/c1-24(2)10-12-4-6-19(30-12)13-9-18(26)14(8-15(13)21)20(27)23-17-5-3-11(25(28)29)7-16(17)22;1-2/h3-9,26H,10H2,1-2H3,(H,23,27);1-2H3. The van der Waals surface area contributed by atoms with Crippen molar-refractivity contribution in [2.45, 2.75) is 20.4 Å². The normalized spacial score (nSPS) is 10.5. The number of carbonyl (C=O) groups is 1. The van der Waals surface area contributed by atoms with Gasteiger partial charge in [0.25, 0.3) is 11.6 Å². The third kappa shape index (κ3) is 6.00. The summed E-state index contributed by atoms with van der Waals surface area (Å²) in [6.07, 6.45) is 0. The number of nitro benzene ring substituents is 1. The summed E-state index contributed by atoms with van der Waals surface area (Å²) in [5, 5.41) is 23.9. The van der Waals surface area contributed by atoms with Crippen LogP contribution in [0.4, 0.5) is 11.4 Å². The molecule has 3 rings (SSSR count). The summed E-state index contributed by atoms with van der Waals surface area (Å²) >= 11 is 12.3. The summed E-state index contributed by atoms with van der Waals surface area (Å²) in [5.41, 5.74) is 0.300. The van der Waals surface area contributed by atoms with Gasteiger partial charge in [0, 0.05) is 17.7 Å². The van der Waals surface area contributed by atoms with E-state index in [2.05, 4.69) is 5.32 Å². The number of aromatic hydroxyl groups is 1. The highest BCUT2D eigenvalue weighted by Crippen LogP contribution is 2.36. The predicted octanol–water partition coefficient (Wildman–Crippen LogP) is 6.21. The molecule has 0 saturated carbocycles. The molecular formula is C22H23Cl2N3O5. The molecule has 3 aromatic rings. The van der Waals surface area contributed by atoms with Gasteiger partial charge in [-0.3, -0.25) is 14.9 Å². The SMILES string of the molecule is CC.CN(C)Cc1ccc(-c2cc(O)c(C(=O)Nc3ccc([N+](=O)[O-])cc3Cl)cc2Cl)o1. The predicted molar refractivity (Wildman–Crippen MR) is 126 cm³/mol. The maximum Gasteiger partial charge on any atom is 0.271 e. The monoisotopic (exact) mass is 479 g/mol. The first-order valence-electron chi connectivity index (χ1n) is 9.67. The van der Waals surface area contributed by atoms with E-state index in [0.717, 1.165) is 11.8 Å². The van der Waals surface area contributed by atoms with Gasteiger partial charge in [-0.15, -0.1) is 0 Å². The number of non-ortho nitro benzene ring substituents is 1. The molecule has 2 N–H and O–H groups in total. The first-order valence-corrected chi connectivity index (χ1v) is 10.4. The van der Waals surface area contributed by atoms with Crippen LogP contribution in [0.3, 0.4) is 0 Å². The molecule has 0 unspecified atom stereocenters. The Hall–Kier alpha value is -3.07. The van der Waals surface area contributed by atoms with Gasteiger partial charge in [-0.25, -0.2) is 0 Å². The van der Waals surface area contributed by atoms with Crippen molar-refractivity contribution in [3.05, 3.63) is 73.9 Å². The van der Waals surface area contributed by atoms with Crippen LogP contribution in [0.1, 0.15) is 30.0 Å². The highest BCUT2D eigenvalue weighted by molar-refractivity contribution is 6.35. The zero-order chi connectivity index (χ0) is 24.0. The average molecular weight is 480 g/mol. The van der Waals surface area contributed by atoms with Gasteiger partial charge in [-0.2, -0.15) is 0 Å². The van der Waals surface area contributed by atoms with E-state index in [0.29, 0.717) is 17.9 Å². The molecule has 1 amide bonds. The van der Waals surface area contributed by atoms with E-state index in [1.165, 1.54) is 24.3 Å². The molecule has 0 aliphatic heterocycles. The van der Waals surface area contributed by atoms with Crippen molar-refractivity contribution in [1.29, 1.82) is 0 Å². The number of halogens is 2. The van der Waals surface area contributed by atoms with Crippen LogP contribution in [0, 0.1) is 10.1 Å². The molecule has 0 spiro atoms. The second-order valence-corrected chi connectivity index (χ2v) is 7.54. The van der Waals surface area contributed by atoms with Crippen molar-refractivity contribution in [1.82, 2.24) is 4.90 Å². The number of hydrogen-bond donors (Lipinski definition) is 2. The van der Waals surface area contributed by atoms with Crippen molar-refractivity contribution in [3.8, 4) is 17.1 Å². The second kappa shape index (κ2) is 11.0. The fourth-order valence-electron chi connectivity index (χ4n) is 2.76. The first-order chi connectivity index (χ1) is 15.2. The Balaban J connectivity index is 0.00000176. The van der Waals surface area contributed by atoms with Crippen LogP contribution >= 0.6 is 23.2 Å². The van der Waals surface area contributed by atoms with Crippen LogP contribution in [-0.4, -0.2) is 34.9 Å². The van der Waals surface area contributed by atoms with Gasteiger partial charge in [-0.05, 0) is 44.4 Å². The third-order valence-electron chi connectivity index (χ3n) is 4.14. The highest BCUT2D eigenvalue weighted by Gasteiger charge is 2.19. The van der Waals surface area contributed by atoms with Crippen LogP contribution in [0.15, 0.2) is 46.9 Å². The molecule has 170 valence electrons. The number of nitrogens with zero attached hydrogens (tertiary/aromatic N) is 2. The van der Waals surface area contributed by atoms with E-state index in [1.54, 1.807) is 12.1 Å². The number of phenolic OH excluding ortho intramolecular Hbond substituents is 1. The number of anilines is 1. The summed E-state index contributed by atoms with van der Waals surface area (Å²) in [7, 11) is 3.82. The average Bonchev–Trinajstić information content (AvgIpc) is 3.19. The van der Waals surface area contributed by atoms with Crippen molar-refractivity contribution >= 4 is 40.5 Å². The van der Waals surface area contributed by atoms with E-state index in [9.17, 15) is 20.0 Å². The summed E-state index contributed by atoms with van der Waals surface area (Å²) < 4.78 is 5.75. The summed E-state index contributed by atoms with van der Waals surface area (Å²) in [6, 6.07) is 9.83. The highest BCUT2D eigenvalue weighted by atomic mass is 35.5. The van der Waals surface area contributed by atoms with Gasteiger partial charge in [0.05, 0.1) is 32.8 Å². The summed E-state index contributed by atoms with van der Waals surface area (Å²) in [4.78, 5) is 24.7. The maximum atomic E-state index is 12.6. The minimum absolute atomic E-state index is 0.0104. The molecule has 0 atom stereocenters. The van der Waals surface area contributed by atoms with Crippen molar-refractivity contribution in [2.24, 2.45) is 0 Å². The fraction of sp³-hybridized carbons (Fsp3) is 0.227. The molecule has 32 heavy (non-hydrogen) atoms. The fourth-order valence-corrected chi connectivity index (χ4v) is 3.24. The largest absolute Gasteiger partial charge is 0.507 e. The van der Waals surface area contributed by atoms with Crippen molar-refractivity contribution in [3.63, 3.8) is 0 Å². The van der Waals surface area contributed by atoms with Crippen LogP contribution in [0.5, 0.6) is 5.75 Å². The molecule has 0 aliphatic carbocycles. The van der Waals surface area contributed by atoms with Crippen LogP contribution in [-0.2, 0) is 6.54 Å². The van der Waals surface area contributed by atoms with E-state index >= 15 is 0 Å². The van der Waals surface area contributed by atoms with Gasteiger partial charge in [-0.1, -0.05) is 37.0 Å². The number of nitro groups is 1. The molecule has 0 aliphatic rings. The Labute approximate surface area is 195 Å². The Morgan fingerprint density at radius 2 is 1.81 bits per heavy atom. The number of phenols is 1. The van der Waals surface area contributed by atoms with Gasteiger partial charge in [0.15, 0.2) is 0 Å². The second-order valence-electron chi connectivity index (χ2n) is 6.73. The van der Waals surface area contributed by atoms with E-state index < -0.39 is 10.8 Å². The van der Waals surface area contributed by atoms with E-state index in [4.69, 9.17) is 27.6 Å². The van der Waals surface area contributed by atoms with Crippen molar-refractivity contribution in [2.75, 3.05) is 19.4 Å². The Kier molecular flexibility index (Phi) is 8.65. The summed E-state index contributed by atoms with van der Waals surface area (Å²) in [6.45, 7) is 4.60. The topological polar surface area (TPSA) is 109 Å². The lowest BCUT2D eigenvalue weighted by atomic mass is 10.1. The third-order valence-corrected chi connectivity index (χ3v) is 4.77. The van der Waals surface area contributed by atoms with E-state index in [-0.39, 0.29) is 32.7 Å². The van der Waals surface area contributed by atoms with Gasteiger partial charge < -0.3 is 19.7 Å². The first kappa shape index (κ1) is 25.2. The number of furan rings is 1. The quantitative estimate of drug-likeness (QED) is 0.321. The number of carbonyl (C=O) groups excluding carboxylic acids is 1. The molecule has 1 heterocycles. The van der Waals surface area contributed by atoms with E-state index in [1.807, 2.05) is 32.8 Å². The van der Waals surface area contributed by atoms with Gasteiger partial charge in [0.2, 0.25) is 0 Å². The zero-order valence-electron chi connectivity index (χ0n) is 18.0. The lowest BCUT2D eigenvalue weighted by Gasteiger charge is -2.11. The number of hydrogen-bond acceptors (Lipinski definition) is 6. The summed E-state index contributed by atoms with van der Waals surface area (Å²) in [5.74, 6) is 0.192. The molecule has 0 radical (unpaired) electrons. The van der Waals surface area contributed by atoms with Crippen molar-refractivity contribution < 1.29 is 19.2 Å². The maximum absolute atomic E-state index is 12.6. The Morgan fingerprint density at radius 3 is 2.41 bits per heavy atom. The molecule has 2 aromatic carbocycles. The molecule has 8 nitrogen and oxygen atoms in total. The Morgan fingerprint density at radius 1 is 1.12 bits per heavy atom. The number of rotatable bonds is 6. The molecule has 0 fully saturated rings. The molecule has 0 bridgehead atoms. The number of nitrogens with one attached hydrogen (secondary N) is 1. The molecular weight excluding hydrogens is 457 g/mol. The smallest absolute Gasteiger partial charge is 0.271 e. The lowest BCUT2D eigenvalue weighted by molar-refractivity contribution is -0.384. The number of benzene rings is 2.